The van der Waals surface area contributed by atoms with Crippen LogP contribution in [0.3, 0.4) is 0 Å². The fraction of sp³-hybridized carbons (Fsp3) is 0.419. The van der Waals surface area contributed by atoms with Crippen LogP contribution in [-0.4, -0.2) is 93.2 Å². The third-order valence-electron chi connectivity index (χ3n) is 7.12. The lowest BCUT2D eigenvalue weighted by molar-refractivity contribution is -0.132. The maximum Gasteiger partial charge on any atom is 0.257 e. The molecule has 0 spiro atoms. The van der Waals surface area contributed by atoms with E-state index in [2.05, 4.69) is 4.90 Å². The van der Waals surface area contributed by atoms with E-state index in [-0.39, 0.29) is 31.1 Å². The Morgan fingerprint density at radius 2 is 1.71 bits per heavy atom. The quantitative estimate of drug-likeness (QED) is 0.311. The summed E-state index contributed by atoms with van der Waals surface area (Å²) in [6, 6.07) is 15.2. The van der Waals surface area contributed by atoms with Crippen molar-refractivity contribution in [2.24, 2.45) is 0 Å². The van der Waals surface area contributed by atoms with Crippen molar-refractivity contribution in [3.05, 3.63) is 83.1 Å². The summed E-state index contributed by atoms with van der Waals surface area (Å²) in [5.74, 6) is 1.23. The van der Waals surface area contributed by atoms with Crippen LogP contribution in [0, 0.1) is 12.7 Å². The van der Waals surface area contributed by atoms with Crippen LogP contribution < -0.4 is 9.47 Å². The predicted octanol–water partition coefficient (Wildman–Crippen LogP) is 3.79. The van der Waals surface area contributed by atoms with E-state index >= 15 is 0 Å². The van der Waals surface area contributed by atoms with Gasteiger partial charge in [-0.2, -0.15) is 0 Å². The number of methoxy groups -OCH3 is 2. The first-order valence-corrected chi connectivity index (χ1v) is 13.8. The maximum atomic E-state index is 14.6. The van der Waals surface area contributed by atoms with Crippen LogP contribution in [0.2, 0.25) is 0 Å². The van der Waals surface area contributed by atoms with Crippen molar-refractivity contribution < 1.29 is 32.6 Å². The first-order chi connectivity index (χ1) is 19.9. The Labute approximate surface area is 240 Å². The topological polar surface area (TPSA) is 84.7 Å². The Bertz CT molecular complexity index is 1310. The molecule has 1 saturated heterocycles. The van der Waals surface area contributed by atoms with E-state index < -0.39 is 11.7 Å². The summed E-state index contributed by atoms with van der Waals surface area (Å²) in [4.78, 5) is 32.6. The molecule has 41 heavy (non-hydrogen) atoms. The monoisotopic (exact) mass is 567 g/mol. The average Bonchev–Trinajstić information content (AvgIpc) is 3.41. The molecular formula is C31H38FN3O6. The van der Waals surface area contributed by atoms with Crippen LogP contribution >= 0.6 is 0 Å². The number of nitrogens with zero attached hydrogens (tertiary/aromatic N) is 3. The minimum Gasteiger partial charge on any atom is -0.493 e. The molecule has 4 rings (SSSR count). The number of halogens is 1. The summed E-state index contributed by atoms with van der Waals surface area (Å²) in [5, 5.41) is 0. The first kappa shape index (κ1) is 30.1. The lowest BCUT2D eigenvalue weighted by atomic mass is 10.1. The highest BCUT2D eigenvalue weighted by Crippen LogP contribution is 2.28. The number of morpholine rings is 1. The van der Waals surface area contributed by atoms with E-state index in [1.54, 1.807) is 25.2 Å². The number of amides is 2. The number of hydrogen-bond acceptors (Lipinski definition) is 7. The SMILES string of the molecule is COc1ccc(CCN(Cc2ccc(C)o2)C(=O)CN(CCN2CCOCC2)C(=O)c2ccccc2F)cc1OC. The van der Waals surface area contributed by atoms with Gasteiger partial charge >= 0.3 is 0 Å². The van der Waals surface area contributed by atoms with Crippen LogP contribution in [0.5, 0.6) is 11.5 Å². The van der Waals surface area contributed by atoms with Gasteiger partial charge in [-0.1, -0.05) is 18.2 Å². The third-order valence-corrected chi connectivity index (χ3v) is 7.12. The molecule has 0 radical (unpaired) electrons. The van der Waals surface area contributed by atoms with Gasteiger partial charge in [0, 0.05) is 32.7 Å². The van der Waals surface area contributed by atoms with Crippen LogP contribution in [0.25, 0.3) is 0 Å². The first-order valence-electron chi connectivity index (χ1n) is 13.8. The number of hydrogen-bond donors (Lipinski definition) is 0. The number of ether oxygens (including phenoxy) is 3. The second kappa shape index (κ2) is 14.7. The van der Waals surface area contributed by atoms with Gasteiger partial charge in [0.15, 0.2) is 11.5 Å². The van der Waals surface area contributed by atoms with Gasteiger partial charge in [0.05, 0.1) is 39.5 Å². The van der Waals surface area contributed by atoms with Gasteiger partial charge < -0.3 is 28.4 Å². The Morgan fingerprint density at radius 3 is 2.39 bits per heavy atom. The van der Waals surface area contributed by atoms with Gasteiger partial charge in [-0.25, -0.2) is 4.39 Å². The minimum atomic E-state index is -0.613. The fourth-order valence-corrected chi connectivity index (χ4v) is 4.76. The van der Waals surface area contributed by atoms with Crippen molar-refractivity contribution in [2.45, 2.75) is 19.9 Å². The Kier molecular flexibility index (Phi) is 10.8. The zero-order valence-electron chi connectivity index (χ0n) is 23.9. The average molecular weight is 568 g/mol. The van der Waals surface area contributed by atoms with Crippen molar-refractivity contribution in [3.63, 3.8) is 0 Å². The second-order valence-electron chi connectivity index (χ2n) is 9.93. The van der Waals surface area contributed by atoms with E-state index in [0.717, 1.165) is 24.4 Å². The smallest absolute Gasteiger partial charge is 0.257 e. The van der Waals surface area contributed by atoms with Crippen molar-refractivity contribution in [1.29, 1.82) is 0 Å². The molecule has 1 aliphatic heterocycles. The van der Waals surface area contributed by atoms with Crippen LogP contribution in [-0.2, 0) is 22.5 Å². The molecule has 220 valence electrons. The summed E-state index contributed by atoms with van der Waals surface area (Å²) in [7, 11) is 3.16. The number of carbonyl (C=O) groups excluding carboxylic acids is 2. The van der Waals surface area contributed by atoms with E-state index in [1.165, 1.54) is 23.1 Å². The molecule has 1 fully saturated rings. The molecule has 2 amide bonds. The third kappa shape index (κ3) is 8.31. The number of rotatable bonds is 13. The zero-order valence-corrected chi connectivity index (χ0v) is 23.9. The van der Waals surface area contributed by atoms with Crippen molar-refractivity contribution in [2.75, 3.05) is 66.7 Å². The number of benzene rings is 2. The maximum absolute atomic E-state index is 14.6. The molecule has 9 nitrogen and oxygen atoms in total. The molecule has 0 N–H and O–H groups in total. The second-order valence-corrected chi connectivity index (χ2v) is 9.93. The Hall–Kier alpha value is -3.89. The number of carbonyl (C=O) groups is 2. The molecule has 2 aromatic carbocycles. The van der Waals surface area contributed by atoms with E-state index in [9.17, 15) is 14.0 Å². The van der Waals surface area contributed by atoms with E-state index in [0.29, 0.717) is 50.0 Å². The van der Waals surface area contributed by atoms with Crippen molar-refractivity contribution in [1.82, 2.24) is 14.7 Å². The molecule has 0 saturated carbocycles. The van der Waals surface area contributed by atoms with Gasteiger partial charge in [0.25, 0.3) is 5.91 Å². The highest BCUT2D eigenvalue weighted by molar-refractivity contribution is 5.96. The van der Waals surface area contributed by atoms with Crippen molar-refractivity contribution >= 4 is 11.8 Å². The molecule has 1 aromatic heterocycles. The van der Waals surface area contributed by atoms with Gasteiger partial charge in [-0.05, 0) is 55.3 Å². The lowest BCUT2D eigenvalue weighted by Gasteiger charge is -2.31. The molecule has 0 atom stereocenters. The summed E-state index contributed by atoms with van der Waals surface area (Å²) in [6.45, 7) is 5.82. The minimum absolute atomic E-state index is 0.0548. The van der Waals surface area contributed by atoms with Crippen LogP contribution in [0.15, 0.2) is 59.0 Å². The Morgan fingerprint density at radius 1 is 0.951 bits per heavy atom. The largest absolute Gasteiger partial charge is 0.493 e. The molecule has 0 aliphatic carbocycles. The highest BCUT2D eigenvalue weighted by Gasteiger charge is 2.26. The molecule has 2 heterocycles. The summed E-state index contributed by atoms with van der Waals surface area (Å²) < 4.78 is 36.6. The molecule has 1 aliphatic rings. The fourth-order valence-electron chi connectivity index (χ4n) is 4.76. The number of furan rings is 1. The standard InChI is InChI=1S/C31H38FN3O6/c1-23-8-10-25(41-23)21-34(13-12-24-9-11-28(38-2)29(20-24)39-3)30(36)22-35(15-14-33-16-18-40-19-17-33)31(37)26-6-4-5-7-27(26)32/h4-11,20H,12-19,21-22H2,1-3H3. The van der Waals surface area contributed by atoms with Gasteiger partial charge in [0.2, 0.25) is 5.91 Å². The lowest BCUT2D eigenvalue weighted by Crippen LogP contribution is -2.47. The van der Waals surface area contributed by atoms with Crippen LogP contribution in [0.4, 0.5) is 4.39 Å². The molecule has 0 unspecified atom stereocenters. The Balaban J connectivity index is 1.53. The van der Waals surface area contributed by atoms with Crippen LogP contribution in [0.1, 0.15) is 27.4 Å². The van der Waals surface area contributed by atoms with E-state index in [4.69, 9.17) is 18.6 Å². The molecule has 0 bridgehead atoms. The summed E-state index contributed by atoms with van der Waals surface area (Å²) in [5.41, 5.74) is 0.906. The highest BCUT2D eigenvalue weighted by atomic mass is 19.1. The summed E-state index contributed by atoms with van der Waals surface area (Å²) >= 11 is 0. The van der Waals surface area contributed by atoms with Gasteiger partial charge in [-0.3, -0.25) is 14.5 Å². The number of aryl methyl sites for hydroxylation is 1. The molecule has 3 aromatic rings. The zero-order chi connectivity index (χ0) is 29.2. The molecular weight excluding hydrogens is 529 g/mol. The van der Waals surface area contributed by atoms with Gasteiger partial charge in [0.1, 0.15) is 23.9 Å². The van der Waals surface area contributed by atoms with E-state index in [1.807, 2.05) is 37.3 Å². The van der Waals surface area contributed by atoms with Gasteiger partial charge in [-0.15, -0.1) is 0 Å². The predicted molar refractivity (Wildman–Crippen MR) is 152 cm³/mol. The van der Waals surface area contributed by atoms with Crippen molar-refractivity contribution in [3.8, 4) is 11.5 Å². The summed E-state index contributed by atoms with van der Waals surface area (Å²) in [6.07, 6.45) is 0.542. The normalized spacial score (nSPS) is 13.6. The molecule has 10 heteroatoms.